The lowest BCUT2D eigenvalue weighted by Gasteiger charge is -2.06. The predicted molar refractivity (Wildman–Crippen MR) is 87.8 cm³/mol. The smallest absolute Gasteiger partial charge is 0.271 e. The monoisotopic (exact) mass is 354 g/mol. The van der Waals surface area contributed by atoms with Crippen molar-refractivity contribution in [2.75, 3.05) is 4.72 Å². The first-order valence-corrected chi connectivity index (χ1v) is 8.13. The van der Waals surface area contributed by atoms with E-state index in [1.165, 1.54) is 6.08 Å². The van der Waals surface area contributed by atoms with Gasteiger partial charge in [0.2, 0.25) is 0 Å². The molecule has 9 heteroatoms. The lowest BCUT2D eigenvalue weighted by atomic mass is 10.2. The number of rotatable bonds is 5. The average Bonchev–Trinajstić information content (AvgIpc) is 2.48. The first kappa shape index (κ1) is 16.8. The Kier molecular flexibility index (Phi) is 4.87. The van der Waals surface area contributed by atoms with Crippen LogP contribution in [0.1, 0.15) is 5.56 Å². The predicted octanol–water partition coefficient (Wildman–Crippen LogP) is 3.37. The molecule has 0 unspecified atom stereocenters. The van der Waals surface area contributed by atoms with E-state index in [9.17, 15) is 23.6 Å². The van der Waals surface area contributed by atoms with E-state index in [0.29, 0.717) is 10.6 Å². The Morgan fingerprint density at radius 2 is 1.83 bits per heavy atom. The summed E-state index contributed by atoms with van der Waals surface area (Å²) < 4.78 is 26.0. The molecule has 0 aliphatic heterocycles. The lowest BCUT2D eigenvalue weighted by Crippen LogP contribution is -2.09. The number of halogens is 1. The van der Waals surface area contributed by atoms with E-state index in [0.717, 1.165) is 23.6 Å². The Balaban J connectivity index is 2.22. The van der Waals surface area contributed by atoms with Crippen molar-refractivity contribution in [2.24, 2.45) is 0 Å². The number of anilines is 1. The van der Waals surface area contributed by atoms with Crippen molar-refractivity contribution in [3.8, 4) is 5.75 Å². The highest BCUT2D eigenvalue weighted by molar-refractivity contribution is 7.95. The Hall–Kier alpha value is -2.58. The maximum absolute atomic E-state index is 12.0. The van der Waals surface area contributed by atoms with Gasteiger partial charge in [0.25, 0.3) is 15.7 Å². The summed E-state index contributed by atoms with van der Waals surface area (Å²) in [6.45, 7) is 0. The molecule has 0 bridgehead atoms. The van der Waals surface area contributed by atoms with Crippen molar-refractivity contribution < 1.29 is 18.4 Å². The first-order chi connectivity index (χ1) is 10.8. The van der Waals surface area contributed by atoms with Crippen molar-refractivity contribution in [3.63, 3.8) is 0 Å². The van der Waals surface area contributed by atoms with Crippen molar-refractivity contribution >= 4 is 39.1 Å². The zero-order valence-electron chi connectivity index (χ0n) is 11.5. The fraction of sp³-hybridized carbons (Fsp3) is 0. The lowest BCUT2D eigenvalue weighted by molar-refractivity contribution is -0.384. The molecule has 0 aromatic heterocycles. The second kappa shape index (κ2) is 6.67. The van der Waals surface area contributed by atoms with Gasteiger partial charge >= 0.3 is 0 Å². The molecule has 0 amide bonds. The van der Waals surface area contributed by atoms with Crippen LogP contribution in [0.15, 0.2) is 47.9 Å². The van der Waals surface area contributed by atoms with Gasteiger partial charge < -0.3 is 5.11 Å². The Morgan fingerprint density at radius 3 is 2.43 bits per heavy atom. The first-order valence-electron chi connectivity index (χ1n) is 6.21. The summed E-state index contributed by atoms with van der Waals surface area (Å²) in [6, 6.07) is 9.50. The number of nitrogens with one attached hydrogen (secondary N) is 1. The van der Waals surface area contributed by atoms with Crippen LogP contribution in [0.5, 0.6) is 5.75 Å². The number of nitrogens with zero attached hydrogens (tertiary/aromatic N) is 1. The van der Waals surface area contributed by atoms with E-state index >= 15 is 0 Å². The largest absolute Gasteiger partial charge is 0.506 e. The van der Waals surface area contributed by atoms with E-state index in [2.05, 4.69) is 4.72 Å². The summed E-state index contributed by atoms with van der Waals surface area (Å²) >= 11 is 5.73. The van der Waals surface area contributed by atoms with Crippen LogP contribution >= 0.6 is 11.6 Å². The molecule has 0 fully saturated rings. The minimum atomic E-state index is -3.95. The van der Waals surface area contributed by atoms with Crippen molar-refractivity contribution in [1.29, 1.82) is 0 Å². The maximum atomic E-state index is 12.0. The number of nitro benzene ring substituents is 1. The third-order valence-corrected chi connectivity index (χ3v) is 4.00. The summed E-state index contributed by atoms with van der Waals surface area (Å²) in [7, 11) is -3.95. The maximum Gasteiger partial charge on any atom is 0.271 e. The van der Waals surface area contributed by atoms with Crippen LogP contribution in [0.2, 0.25) is 5.02 Å². The third-order valence-electron chi connectivity index (χ3n) is 2.75. The molecule has 0 heterocycles. The number of phenolic OH excluding ortho intramolecular Hbond substituents is 1. The topological polar surface area (TPSA) is 110 Å². The van der Waals surface area contributed by atoms with Gasteiger partial charge in [-0.15, -0.1) is 0 Å². The molecule has 0 atom stereocenters. The minimum Gasteiger partial charge on any atom is -0.506 e. The fourth-order valence-electron chi connectivity index (χ4n) is 1.65. The SMILES string of the molecule is O=[N+]([O-])c1ccc(O)c(NS(=O)(=O)/C=C/c2ccc(Cl)cc2)c1. The molecule has 2 N–H and O–H groups in total. The van der Waals surface area contributed by atoms with Gasteiger partial charge in [-0.2, -0.15) is 0 Å². The van der Waals surface area contributed by atoms with Crippen LogP contribution in [0, 0.1) is 10.1 Å². The summed E-state index contributed by atoms with van der Waals surface area (Å²) in [4.78, 5) is 10.00. The molecule has 2 aromatic rings. The highest BCUT2D eigenvalue weighted by Crippen LogP contribution is 2.28. The van der Waals surface area contributed by atoms with Crippen molar-refractivity contribution in [1.82, 2.24) is 0 Å². The molecule has 0 radical (unpaired) electrons. The van der Waals surface area contributed by atoms with Crippen LogP contribution in [0.25, 0.3) is 6.08 Å². The molecule has 0 saturated carbocycles. The van der Waals surface area contributed by atoms with Gasteiger partial charge in [0, 0.05) is 17.2 Å². The van der Waals surface area contributed by atoms with Gasteiger partial charge in [0.1, 0.15) is 5.75 Å². The van der Waals surface area contributed by atoms with Gasteiger partial charge in [0.15, 0.2) is 0 Å². The molecule has 7 nitrogen and oxygen atoms in total. The second-order valence-corrected chi connectivity index (χ2v) is 6.46. The Bertz CT molecular complexity index is 863. The van der Waals surface area contributed by atoms with Crippen molar-refractivity contribution in [3.05, 3.63) is 68.6 Å². The molecule has 0 aliphatic rings. The molecule has 2 rings (SSSR count). The van der Waals surface area contributed by atoms with E-state index < -0.39 is 20.7 Å². The number of benzene rings is 2. The van der Waals surface area contributed by atoms with Gasteiger partial charge in [0.05, 0.1) is 16.0 Å². The summed E-state index contributed by atoms with van der Waals surface area (Å²) in [5.74, 6) is -0.418. The Labute approximate surface area is 137 Å². The molecule has 0 spiro atoms. The number of sulfonamides is 1. The van der Waals surface area contributed by atoms with Crippen LogP contribution in [-0.4, -0.2) is 18.4 Å². The molecule has 0 saturated heterocycles. The van der Waals surface area contributed by atoms with Crippen LogP contribution < -0.4 is 4.72 Å². The normalized spacial score (nSPS) is 11.5. The third kappa shape index (κ3) is 4.70. The van der Waals surface area contributed by atoms with Gasteiger partial charge in [-0.3, -0.25) is 14.8 Å². The highest BCUT2D eigenvalue weighted by Gasteiger charge is 2.14. The highest BCUT2D eigenvalue weighted by atomic mass is 35.5. The second-order valence-electron chi connectivity index (χ2n) is 4.46. The molecular weight excluding hydrogens is 344 g/mol. The molecule has 0 aliphatic carbocycles. The van der Waals surface area contributed by atoms with E-state index in [4.69, 9.17) is 11.6 Å². The fourth-order valence-corrected chi connectivity index (χ4v) is 2.65. The minimum absolute atomic E-state index is 0.278. The van der Waals surface area contributed by atoms with Gasteiger partial charge in [-0.05, 0) is 29.8 Å². The number of aromatic hydroxyl groups is 1. The van der Waals surface area contributed by atoms with Crippen LogP contribution in [0.3, 0.4) is 0 Å². The number of nitro groups is 1. The van der Waals surface area contributed by atoms with Gasteiger partial charge in [-0.1, -0.05) is 23.7 Å². The standard InChI is InChI=1S/C14H11ClN2O5S/c15-11-3-1-10(2-4-11)7-8-23(21,22)16-13-9-12(17(19)20)5-6-14(13)18/h1-9,16,18H/b8-7+. The van der Waals surface area contributed by atoms with E-state index in [-0.39, 0.29) is 11.4 Å². The molecular formula is C14H11ClN2O5S. The van der Waals surface area contributed by atoms with Crippen LogP contribution in [-0.2, 0) is 10.0 Å². The summed E-state index contributed by atoms with van der Waals surface area (Å²) in [5, 5.41) is 21.7. The summed E-state index contributed by atoms with van der Waals surface area (Å²) in [6.07, 6.45) is 1.33. The summed E-state index contributed by atoms with van der Waals surface area (Å²) in [5.41, 5.74) is -0.0230. The Morgan fingerprint density at radius 1 is 1.17 bits per heavy atom. The molecule has 2 aromatic carbocycles. The number of phenols is 1. The van der Waals surface area contributed by atoms with E-state index in [1.54, 1.807) is 24.3 Å². The number of hydrogen-bond acceptors (Lipinski definition) is 5. The average molecular weight is 355 g/mol. The van der Waals surface area contributed by atoms with Crippen LogP contribution in [0.4, 0.5) is 11.4 Å². The van der Waals surface area contributed by atoms with Crippen molar-refractivity contribution in [2.45, 2.75) is 0 Å². The zero-order valence-corrected chi connectivity index (χ0v) is 13.1. The van der Waals surface area contributed by atoms with E-state index in [1.807, 2.05) is 0 Å². The van der Waals surface area contributed by atoms with Gasteiger partial charge in [-0.25, -0.2) is 8.42 Å². The molecule has 120 valence electrons. The molecule has 23 heavy (non-hydrogen) atoms. The quantitative estimate of drug-likeness (QED) is 0.486. The zero-order chi connectivity index (χ0) is 17.0. The number of hydrogen-bond donors (Lipinski definition) is 2. The number of non-ortho nitro benzene ring substituents is 1.